The number of carbonyl (C=O) groups is 1. The first-order valence-electron chi connectivity index (χ1n) is 7.60. The summed E-state index contributed by atoms with van der Waals surface area (Å²) in [6, 6.07) is 17.3. The second kappa shape index (κ2) is 6.42. The molecule has 0 aliphatic carbocycles. The summed E-state index contributed by atoms with van der Waals surface area (Å²) in [6.45, 7) is 0. The van der Waals surface area contributed by atoms with E-state index in [1.165, 1.54) is 0 Å². The first-order chi connectivity index (χ1) is 11.7. The molecule has 0 spiro atoms. The summed E-state index contributed by atoms with van der Waals surface area (Å²) < 4.78 is 0. The molecular formula is C18H14ClN3OS. The van der Waals surface area contributed by atoms with E-state index < -0.39 is 0 Å². The summed E-state index contributed by atoms with van der Waals surface area (Å²) in [5.41, 5.74) is 3.29. The molecule has 2 aromatic carbocycles. The zero-order chi connectivity index (χ0) is 16.5. The molecule has 1 atom stereocenters. The average molecular weight is 356 g/mol. The Bertz CT molecular complexity index is 850. The Kier molecular flexibility index (Phi) is 4.12. The Morgan fingerprint density at radius 2 is 1.67 bits per heavy atom. The van der Waals surface area contributed by atoms with Gasteiger partial charge in [-0.15, -0.1) is 11.8 Å². The lowest BCUT2D eigenvalue weighted by molar-refractivity contribution is -0.115. The monoisotopic (exact) mass is 355 g/mol. The van der Waals surface area contributed by atoms with Gasteiger partial charge in [0.15, 0.2) is 0 Å². The summed E-state index contributed by atoms with van der Waals surface area (Å²) >= 11 is 7.89. The maximum Gasteiger partial charge on any atom is 0.238 e. The number of thioether (sulfide) groups is 1. The van der Waals surface area contributed by atoms with Gasteiger partial charge in [0.25, 0.3) is 0 Å². The van der Waals surface area contributed by atoms with Crippen LogP contribution < -0.4 is 4.90 Å². The highest BCUT2D eigenvalue weighted by Gasteiger charge is 2.37. The molecule has 120 valence electrons. The van der Waals surface area contributed by atoms with Crippen LogP contribution in [0.15, 0.2) is 64.6 Å². The maximum absolute atomic E-state index is 12.4. The molecule has 4 rings (SSSR count). The van der Waals surface area contributed by atoms with Crippen molar-refractivity contribution in [3.63, 3.8) is 0 Å². The number of para-hydroxylation sites is 3. The molecule has 1 amide bonds. The van der Waals surface area contributed by atoms with Gasteiger partial charge in [0.2, 0.25) is 5.91 Å². The van der Waals surface area contributed by atoms with Gasteiger partial charge >= 0.3 is 0 Å². The number of hydrogen-bond donors (Lipinski definition) is 0. The molecule has 2 aromatic rings. The maximum atomic E-state index is 12.4. The van der Waals surface area contributed by atoms with Gasteiger partial charge in [0.05, 0.1) is 22.8 Å². The SMILES string of the molecule is O=C1CSC(C2=Nc3ccccc3N=C(Cl)C2)N1c1ccccc1. The van der Waals surface area contributed by atoms with E-state index in [9.17, 15) is 4.79 Å². The van der Waals surface area contributed by atoms with Gasteiger partial charge in [-0.05, 0) is 24.3 Å². The lowest BCUT2D eigenvalue weighted by atomic mass is 10.2. The Balaban J connectivity index is 1.76. The van der Waals surface area contributed by atoms with Crippen LogP contribution in [0.4, 0.5) is 17.1 Å². The first-order valence-corrected chi connectivity index (χ1v) is 9.03. The number of aliphatic imine (C=N–C) groups is 2. The van der Waals surface area contributed by atoms with Crippen molar-refractivity contribution >= 4 is 57.2 Å². The third-order valence-electron chi connectivity index (χ3n) is 3.90. The Morgan fingerprint density at radius 1 is 1.00 bits per heavy atom. The Labute approximate surface area is 149 Å². The van der Waals surface area contributed by atoms with E-state index in [2.05, 4.69) is 4.99 Å². The third-order valence-corrected chi connectivity index (χ3v) is 5.33. The van der Waals surface area contributed by atoms with Gasteiger partial charge in [0, 0.05) is 12.1 Å². The van der Waals surface area contributed by atoms with Gasteiger partial charge in [0.1, 0.15) is 10.5 Å². The highest BCUT2D eigenvalue weighted by molar-refractivity contribution is 8.02. The number of amides is 1. The minimum Gasteiger partial charge on any atom is -0.294 e. The fourth-order valence-electron chi connectivity index (χ4n) is 2.85. The number of halogens is 1. The van der Waals surface area contributed by atoms with Crippen LogP contribution in [0.3, 0.4) is 0 Å². The molecule has 4 nitrogen and oxygen atoms in total. The minimum atomic E-state index is -0.157. The predicted octanol–water partition coefficient (Wildman–Crippen LogP) is 4.54. The number of rotatable bonds is 2. The summed E-state index contributed by atoms with van der Waals surface area (Å²) in [4.78, 5) is 23.5. The highest BCUT2D eigenvalue weighted by atomic mass is 35.5. The van der Waals surface area contributed by atoms with E-state index in [-0.39, 0.29) is 11.3 Å². The zero-order valence-electron chi connectivity index (χ0n) is 12.7. The van der Waals surface area contributed by atoms with E-state index in [1.54, 1.807) is 11.8 Å². The smallest absolute Gasteiger partial charge is 0.238 e. The normalized spacial score (nSPS) is 20.3. The zero-order valence-corrected chi connectivity index (χ0v) is 14.3. The molecule has 0 N–H and O–H groups in total. The van der Waals surface area contributed by atoms with Gasteiger partial charge in [-0.2, -0.15) is 0 Å². The van der Waals surface area contributed by atoms with Crippen LogP contribution in [0, 0.1) is 0 Å². The molecule has 1 fully saturated rings. The topological polar surface area (TPSA) is 45.0 Å². The van der Waals surface area contributed by atoms with Crippen LogP contribution >= 0.6 is 23.4 Å². The molecule has 0 aromatic heterocycles. The molecule has 2 aliphatic heterocycles. The second-order valence-electron chi connectivity index (χ2n) is 5.52. The largest absolute Gasteiger partial charge is 0.294 e. The average Bonchev–Trinajstić information content (AvgIpc) is 2.89. The van der Waals surface area contributed by atoms with Crippen LogP contribution in [0.2, 0.25) is 0 Å². The number of anilines is 1. The minimum absolute atomic E-state index is 0.0875. The van der Waals surface area contributed by atoms with Crippen LogP contribution in [-0.2, 0) is 4.79 Å². The van der Waals surface area contributed by atoms with Crippen molar-refractivity contribution in [2.45, 2.75) is 11.8 Å². The molecule has 1 unspecified atom stereocenters. The van der Waals surface area contributed by atoms with E-state index >= 15 is 0 Å². The van der Waals surface area contributed by atoms with Crippen molar-refractivity contribution in [3.05, 3.63) is 54.6 Å². The van der Waals surface area contributed by atoms with Gasteiger partial charge in [-0.25, -0.2) is 4.99 Å². The van der Waals surface area contributed by atoms with Crippen molar-refractivity contribution < 1.29 is 4.79 Å². The number of carbonyl (C=O) groups excluding carboxylic acids is 1. The molecule has 24 heavy (non-hydrogen) atoms. The number of fused-ring (bicyclic) bond motifs is 1. The van der Waals surface area contributed by atoms with E-state index in [0.717, 1.165) is 22.8 Å². The van der Waals surface area contributed by atoms with Gasteiger partial charge in [-0.1, -0.05) is 41.9 Å². The molecule has 0 saturated carbocycles. The molecular weight excluding hydrogens is 342 g/mol. The van der Waals surface area contributed by atoms with Crippen molar-refractivity contribution in [1.82, 2.24) is 0 Å². The van der Waals surface area contributed by atoms with Crippen molar-refractivity contribution in [2.24, 2.45) is 9.98 Å². The van der Waals surface area contributed by atoms with E-state index in [4.69, 9.17) is 16.6 Å². The standard InChI is InChI=1S/C18H14ClN3OS/c19-16-10-15(20-13-8-4-5-9-14(13)21-16)18-22(17(23)11-24-18)12-6-2-1-3-7-12/h1-9,18H,10-11H2. The van der Waals surface area contributed by atoms with Crippen LogP contribution in [-0.4, -0.2) is 27.9 Å². The highest BCUT2D eigenvalue weighted by Crippen LogP contribution is 2.37. The lowest BCUT2D eigenvalue weighted by Crippen LogP contribution is -2.38. The molecule has 0 radical (unpaired) electrons. The number of hydrogen-bond acceptors (Lipinski definition) is 4. The molecule has 1 saturated heterocycles. The molecule has 2 aliphatic rings. The predicted molar refractivity (Wildman–Crippen MR) is 101 cm³/mol. The van der Waals surface area contributed by atoms with Gasteiger partial charge in [-0.3, -0.25) is 14.7 Å². The van der Waals surface area contributed by atoms with Gasteiger partial charge < -0.3 is 0 Å². The van der Waals surface area contributed by atoms with E-state index in [0.29, 0.717) is 17.3 Å². The second-order valence-corrected chi connectivity index (χ2v) is 7.02. The Morgan fingerprint density at radius 3 is 2.42 bits per heavy atom. The fourth-order valence-corrected chi connectivity index (χ4v) is 4.23. The first kappa shape index (κ1) is 15.4. The summed E-state index contributed by atoms with van der Waals surface area (Å²) in [5.74, 6) is 0.527. The van der Waals surface area contributed by atoms with Crippen LogP contribution in [0.1, 0.15) is 6.42 Å². The van der Waals surface area contributed by atoms with Crippen molar-refractivity contribution in [1.29, 1.82) is 0 Å². The lowest BCUT2D eigenvalue weighted by Gasteiger charge is -2.25. The van der Waals surface area contributed by atoms with E-state index in [1.807, 2.05) is 59.5 Å². The molecule has 6 heteroatoms. The fraction of sp³-hybridized carbons (Fsp3) is 0.167. The van der Waals surface area contributed by atoms with Crippen molar-refractivity contribution in [2.75, 3.05) is 10.7 Å². The number of benzene rings is 2. The van der Waals surface area contributed by atoms with Crippen molar-refractivity contribution in [3.8, 4) is 0 Å². The number of nitrogens with zero attached hydrogens (tertiary/aromatic N) is 3. The summed E-state index contributed by atoms with van der Waals surface area (Å²) in [5, 5.41) is 0.335. The quantitative estimate of drug-likeness (QED) is 0.794. The summed E-state index contributed by atoms with van der Waals surface area (Å²) in [6.07, 6.45) is 0.449. The molecule has 2 heterocycles. The molecule has 0 bridgehead atoms. The third kappa shape index (κ3) is 2.85. The van der Waals surface area contributed by atoms with Crippen LogP contribution in [0.25, 0.3) is 0 Å². The Hall–Kier alpha value is -2.11. The summed E-state index contributed by atoms with van der Waals surface area (Å²) in [7, 11) is 0. The van der Waals surface area contributed by atoms with Crippen LogP contribution in [0.5, 0.6) is 0 Å².